The first-order valence-electron chi connectivity index (χ1n) is 15.1. The van der Waals surface area contributed by atoms with Gasteiger partial charge in [-0.15, -0.1) is 0 Å². The first-order chi connectivity index (χ1) is 19.0. The molecule has 0 saturated carbocycles. The summed E-state index contributed by atoms with van der Waals surface area (Å²) >= 11 is 0. The van der Waals surface area contributed by atoms with Crippen molar-refractivity contribution in [3.05, 3.63) is 24.3 Å². The fourth-order valence-electron chi connectivity index (χ4n) is 3.55. The summed E-state index contributed by atoms with van der Waals surface area (Å²) in [5, 5.41) is 0. The molecule has 0 spiro atoms. The summed E-state index contributed by atoms with van der Waals surface area (Å²) in [5.41, 5.74) is 0. The second kappa shape index (κ2) is 24.1. The van der Waals surface area contributed by atoms with E-state index in [-0.39, 0.29) is 26.1 Å². The third kappa shape index (κ3) is 26.7. The second-order valence-corrected chi connectivity index (χ2v) is 12.5. The molecule has 0 rings (SSSR count). The molecular formula is C30H57NO8P+. The van der Waals surface area contributed by atoms with E-state index < -0.39 is 32.5 Å². The number of phosphoric ester groups is 1. The first-order valence-corrected chi connectivity index (χ1v) is 16.6. The minimum absolute atomic E-state index is 0.0272. The zero-order valence-electron chi connectivity index (χ0n) is 25.8. The number of carbonyl (C=O) groups is 2. The molecule has 0 aliphatic rings. The van der Waals surface area contributed by atoms with Crippen molar-refractivity contribution in [3.8, 4) is 0 Å². The molecule has 0 aromatic rings. The van der Waals surface area contributed by atoms with E-state index >= 15 is 0 Å². The van der Waals surface area contributed by atoms with Crippen LogP contribution in [0.25, 0.3) is 0 Å². The number of esters is 2. The highest BCUT2D eigenvalue weighted by Gasteiger charge is 2.26. The highest BCUT2D eigenvalue weighted by atomic mass is 31.2. The number of nitrogens with zero attached hydrogens (tertiary/aromatic N) is 1. The highest BCUT2D eigenvalue weighted by molar-refractivity contribution is 7.47. The Morgan fingerprint density at radius 1 is 0.800 bits per heavy atom. The van der Waals surface area contributed by atoms with Gasteiger partial charge in [-0.25, -0.2) is 4.57 Å². The van der Waals surface area contributed by atoms with Gasteiger partial charge in [0, 0.05) is 12.8 Å². The van der Waals surface area contributed by atoms with Crippen molar-refractivity contribution in [1.82, 2.24) is 0 Å². The molecule has 2 atom stereocenters. The third-order valence-corrected chi connectivity index (χ3v) is 7.02. The van der Waals surface area contributed by atoms with Crippen LogP contribution in [0.4, 0.5) is 0 Å². The van der Waals surface area contributed by atoms with Crippen molar-refractivity contribution < 1.29 is 42.1 Å². The smallest absolute Gasteiger partial charge is 0.462 e. The Morgan fingerprint density at radius 3 is 2.00 bits per heavy atom. The van der Waals surface area contributed by atoms with E-state index in [1.807, 2.05) is 21.1 Å². The van der Waals surface area contributed by atoms with Crippen LogP contribution in [0.5, 0.6) is 0 Å². The number of ether oxygens (including phenoxy) is 2. The molecule has 0 heterocycles. The molecule has 234 valence electrons. The lowest BCUT2D eigenvalue weighted by molar-refractivity contribution is -0.870. The number of unbranched alkanes of at least 4 members (excludes halogenated alkanes) is 9. The van der Waals surface area contributed by atoms with Gasteiger partial charge in [0.25, 0.3) is 0 Å². The molecule has 0 aromatic heterocycles. The van der Waals surface area contributed by atoms with Gasteiger partial charge in [0.1, 0.15) is 19.8 Å². The van der Waals surface area contributed by atoms with Gasteiger partial charge in [-0.3, -0.25) is 18.6 Å². The Morgan fingerprint density at radius 2 is 1.40 bits per heavy atom. The van der Waals surface area contributed by atoms with Gasteiger partial charge in [0.05, 0.1) is 27.7 Å². The van der Waals surface area contributed by atoms with Gasteiger partial charge < -0.3 is 18.9 Å². The van der Waals surface area contributed by atoms with Gasteiger partial charge in [0.15, 0.2) is 6.10 Å². The predicted octanol–water partition coefficient (Wildman–Crippen LogP) is 6.89. The van der Waals surface area contributed by atoms with Crippen LogP contribution in [0.15, 0.2) is 24.3 Å². The lowest BCUT2D eigenvalue weighted by atomic mass is 10.1. The number of hydrogen-bond acceptors (Lipinski definition) is 7. The van der Waals surface area contributed by atoms with E-state index in [0.29, 0.717) is 17.4 Å². The number of phosphoric acid groups is 1. The summed E-state index contributed by atoms with van der Waals surface area (Å²) in [6, 6.07) is 0. The monoisotopic (exact) mass is 590 g/mol. The fourth-order valence-corrected chi connectivity index (χ4v) is 4.29. The third-order valence-electron chi connectivity index (χ3n) is 6.04. The summed E-state index contributed by atoms with van der Waals surface area (Å²) < 4.78 is 33.2. The minimum Gasteiger partial charge on any atom is -0.462 e. The molecule has 1 N–H and O–H groups in total. The molecule has 0 amide bonds. The maximum Gasteiger partial charge on any atom is 0.472 e. The van der Waals surface area contributed by atoms with Gasteiger partial charge in [0.2, 0.25) is 0 Å². The van der Waals surface area contributed by atoms with Crippen molar-refractivity contribution >= 4 is 19.8 Å². The number of hydrogen-bond donors (Lipinski definition) is 1. The van der Waals surface area contributed by atoms with Crippen LogP contribution >= 0.6 is 7.82 Å². The average Bonchev–Trinajstić information content (AvgIpc) is 2.88. The van der Waals surface area contributed by atoms with Crippen molar-refractivity contribution in [2.45, 2.75) is 110 Å². The van der Waals surface area contributed by atoms with Crippen molar-refractivity contribution in [2.75, 3.05) is 47.5 Å². The Labute approximate surface area is 243 Å². The van der Waals surface area contributed by atoms with Gasteiger partial charge in [-0.05, 0) is 38.5 Å². The number of rotatable bonds is 26. The van der Waals surface area contributed by atoms with E-state index in [4.69, 9.17) is 18.5 Å². The zero-order chi connectivity index (χ0) is 30.1. The summed E-state index contributed by atoms with van der Waals surface area (Å²) in [5.74, 6) is -0.919. The Bertz CT molecular complexity index is 763. The molecule has 0 fully saturated rings. The predicted molar refractivity (Wildman–Crippen MR) is 160 cm³/mol. The van der Waals surface area contributed by atoms with Crippen LogP contribution in [0.2, 0.25) is 0 Å². The summed E-state index contributed by atoms with van der Waals surface area (Å²) in [6.45, 7) is 3.75. The Balaban J connectivity index is 4.16. The quantitative estimate of drug-likeness (QED) is 0.0381. The molecule has 0 radical (unpaired) electrons. The minimum atomic E-state index is -4.33. The zero-order valence-corrected chi connectivity index (χ0v) is 26.7. The van der Waals surface area contributed by atoms with E-state index in [9.17, 15) is 19.0 Å². The van der Waals surface area contributed by atoms with Gasteiger partial charge >= 0.3 is 19.8 Å². The normalized spacial score (nSPS) is 14.4. The fraction of sp³-hybridized carbons (Fsp3) is 0.800. The summed E-state index contributed by atoms with van der Waals surface area (Å²) in [6.07, 6.45) is 21.7. The highest BCUT2D eigenvalue weighted by Crippen LogP contribution is 2.43. The Kier molecular flexibility index (Phi) is 23.2. The lowest BCUT2D eigenvalue weighted by Crippen LogP contribution is -2.37. The number of quaternary nitrogens is 1. The molecule has 10 heteroatoms. The van der Waals surface area contributed by atoms with Crippen LogP contribution in [0.1, 0.15) is 104 Å². The standard InChI is InChI=1S/C30H56NO8P/c1-6-8-9-10-11-12-13-14-15-16-17-18-19-20-21-22-23-30(33)39-28(26-36-29(32)7-2)27-38-40(34,35)37-25-24-31(3,4)5/h12-13,15-16,28H,6-11,14,17-27H2,1-5H3/p+1/b13-12-,16-15-. The van der Waals surface area contributed by atoms with Gasteiger partial charge in [-0.2, -0.15) is 0 Å². The molecule has 2 unspecified atom stereocenters. The van der Waals surface area contributed by atoms with Crippen LogP contribution in [-0.2, 0) is 32.7 Å². The van der Waals surface area contributed by atoms with E-state index in [1.165, 1.54) is 32.1 Å². The number of carbonyl (C=O) groups excluding carboxylic acids is 2. The van der Waals surface area contributed by atoms with Gasteiger partial charge in [-0.1, -0.05) is 76.7 Å². The molecule has 0 aliphatic carbocycles. The molecule has 9 nitrogen and oxygen atoms in total. The van der Waals surface area contributed by atoms with Crippen molar-refractivity contribution in [1.29, 1.82) is 0 Å². The van der Waals surface area contributed by atoms with Crippen LogP contribution in [0, 0.1) is 0 Å². The van der Waals surface area contributed by atoms with E-state index in [1.54, 1.807) is 6.92 Å². The van der Waals surface area contributed by atoms with Crippen molar-refractivity contribution in [3.63, 3.8) is 0 Å². The van der Waals surface area contributed by atoms with E-state index in [0.717, 1.165) is 38.5 Å². The first kappa shape index (κ1) is 38.5. The van der Waals surface area contributed by atoms with E-state index in [2.05, 4.69) is 31.2 Å². The number of allylic oxidation sites excluding steroid dienone is 4. The molecule has 0 aliphatic heterocycles. The second-order valence-electron chi connectivity index (χ2n) is 11.1. The van der Waals surface area contributed by atoms with Crippen LogP contribution in [-0.4, -0.2) is 74.9 Å². The maximum absolute atomic E-state index is 12.3. The van der Waals surface area contributed by atoms with Crippen molar-refractivity contribution in [2.24, 2.45) is 0 Å². The topological polar surface area (TPSA) is 108 Å². The van der Waals surface area contributed by atoms with Crippen LogP contribution in [0.3, 0.4) is 0 Å². The molecule has 0 saturated heterocycles. The molecule has 0 aromatic carbocycles. The maximum atomic E-state index is 12.3. The SMILES string of the molecule is CCCCCC/C=C\C/C=C\CCCCCCCC(=O)OC(COC(=O)CC)COP(=O)(O)OCC[N+](C)(C)C. The largest absolute Gasteiger partial charge is 0.472 e. The summed E-state index contributed by atoms with van der Waals surface area (Å²) in [4.78, 5) is 33.8. The Hall–Kier alpha value is -1.51. The molecular weight excluding hydrogens is 533 g/mol. The van der Waals surface area contributed by atoms with Crippen LogP contribution < -0.4 is 0 Å². The average molecular weight is 591 g/mol. The molecule has 40 heavy (non-hydrogen) atoms. The number of likely N-dealkylation sites (N-methyl/N-ethyl adjacent to an activating group) is 1. The lowest BCUT2D eigenvalue weighted by Gasteiger charge is -2.24. The summed E-state index contributed by atoms with van der Waals surface area (Å²) in [7, 11) is 1.45. The molecule has 0 bridgehead atoms.